The number of rotatable bonds is 3. The van der Waals surface area contributed by atoms with Gasteiger partial charge in [0.15, 0.2) is 5.82 Å². The van der Waals surface area contributed by atoms with Crippen LogP contribution in [0.5, 0.6) is 0 Å². The van der Waals surface area contributed by atoms with E-state index < -0.39 is 0 Å². The Morgan fingerprint density at radius 1 is 1.26 bits per heavy atom. The zero-order chi connectivity index (χ0) is 14.0. The van der Waals surface area contributed by atoms with E-state index in [1.165, 1.54) is 5.56 Å². The van der Waals surface area contributed by atoms with Crippen LogP contribution in [-0.2, 0) is 0 Å². The maximum Gasteiger partial charge on any atom is 0.160 e. The topological polar surface area (TPSA) is 37.8 Å². The van der Waals surface area contributed by atoms with Crippen LogP contribution in [0, 0.1) is 13.8 Å². The smallest absolute Gasteiger partial charge is 0.160 e. The number of nitrogens with zero attached hydrogens (tertiary/aromatic N) is 2. The second kappa shape index (κ2) is 5.80. The normalized spacial score (nSPS) is 12.5. The fourth-order valence-corrected chi connectivity index (χ4v) is 2.66. The molecule has 0 amide bonds. The first kappa shape index (κ1) is 14.2. The summed E-state index contributed by atoms with van der Waals surface area (Å²) in [6.45, 7) is 6.20. The number of hydrogen-bond donors (Lipinski definition) is 1. The molecule has 0 saturated carbocycles. The predicted molar refractivity (Wildman–Crippen MR) is 82.1 cm³/mol. The first-order valence-corrected chi connectivity index (χ1v) is 7.09. The molecule has 0 spiro atoms. The molecule has 1 N–H and O–H groups in total. The Morgan fingerprint density at radius 3 is 2.58 bits per heavy atom. The van der Waals surface area contributed by atoms with Gasteiger partial charge < -0.3 is 5.32 Å². The van der Waals surface area contributed by atoms with E-state index in [1.807, 2.05) is 20.2 Å². The SMILES string of the molecule is CNC(C)c1cnc(-c2ccc(C)cc2Br)nc1C. The van der Waals surface area contributed by atoms with Crippen molar-refractivity contribution in [3.05, 3.63) is 45.7 Å². The summed E-state index contributed by atoms with van der Waals surface area (Å²) in [4.78, 5) is 9.11. The highest BCUT2D eigenvalue weighted by molar-refractivity contribution is 9.10. The summed E-state index contributed by atoms with van der Waals surface area (Å²) >= 11 is 3.58. The maximum absolute atomic E-state index is 4.62. The lowest BCUT2D eigenvalue weighted by molar-refractivity contribution is 0.641. The Bertz CT molecular complexity index is 596. The Hall–Kier alpha value is -1.26. The van der Waals surface area contributed by atoms with Crippen LogP contribution in [0.4, 0.5) is 0 Å². The Kier molecular flexibility index (Phi) is 4.32. The van der Waals surface area contributed by atoms with Crippen LogP contribution in [0.15, 0.2) is 28.9 Å². The molecule has 100 valence electrons. The van der Waals surface area contributed by atoms with Gasteiger partial charge in [0.25, 0.3) is 0 Å². The third kappa shape index (κ3) is 3.01. The van der Waals surface area contributed by atoms with Gasteiger partial charge in [-0.15, -0.1) is 0 Å². The average molecular weight is 320 g/mol. The van der Waals surface area contributed by atoms with Crippen molar-refractivity contribution < 1.29 is 0 Å². The van der Waals surface area contributed by atoms with Crippen LogP contribution in [0.2, 0.25) is 0 Å². The number of benzene rings is 1. The summed E-state index contributed by atoms with van der Waals surface area (Å²) in [6.07, 6.45) is 1.91. The van der Waals surface area contributed by atoms with Gasteiger partial charge in [0.2, 0.25) is 0 Å². The highest BCUT2D eigenvalue weighted by Gasteiger charge is 2.11. The van der Waals surface area contributed by atoms with Gasteiger partial charge in [0.05, 0.1) is 0 Å². The fraction of sp³-hybridized carbons (Fsp3) is 0.333. The van der Waals surface area contributed by atoms with Gasteiger partial charge in [0, 0.05) is 33.5 Å². The van der Waals surface area contributed by atoms with E-state index in [1.54, 1.807) is 0 Å². The lowest BCUT2D eigenvalue weighted by Crippen LogP contribution is -2.14. The second-order valence-corrected chi connectivity index (χ2v) is 5.58. The molecule has 0 saturated heterocycles. The largest absolute Gasteiger partial charge is 0.313 e. The molecule has 2 rings (SSSR count). The van der Waals surface area contributed by atoms with Crippen LogP contribution in [0.3, 0.4) is 0 Å². The molecule has 3 nitrogen and oxygen atoms in total. The van der Waals surface area contributed by atoms with E-state index in [0.29, 0.717) is 0 Å². The van der Waals surface area contributed by atoms with Gasteiger partial charge in [-0.2, -0.15) is 0 Å². The molecule has 0 aliphatic heterocycles. The summed E-state index contributed by atoms with van der Waals surface area (Å²) < 4.78 is 1.03. The van der Waals surface area contributed by atoms with Crippen molar-refractivity contribution in [3.63, 3.8) is 0 Å². The minimum Gasteiger partial charge on any atom is -0.313 e. The average Bonchev–Trinajstić information content (AvgIpc) is 2.37. The Morgan fingerprint density at radius 2 is 2.00 bits per heavy atom. The van der Waals surface area contributed by atoms with Crippen LogP contribution in [0.25, 0.3) is 11.4 Å². The summed E-state index contributed by atoms with van der Waals surface area (Å²) in [5.74, 6) is 0.761. The summed E-state index contributed by atoms with van der Waals surface area (Å²) in [6, 6.07) is 6.46. The number of halogens is 1. The third-order valence-electron chi connectivity index (χ3n) is 3.28. The first-order chi connectivity index (χ1) is 9.02. The van der Waals surface area contributed by atoms with Gasteiger partial charge in [-0.25, -0.2) is 9.97 Å². The van der Waals surface area contributed by atoms with E-state index in [9.17, 15) is 0 Å². The standard InChI is InChI=1S/C15H18BrN3/c1-9-5-6-12(14(16)7-9)15-18-8-13(10(2)17-4)11(3)19-15/h5-8,10,17H,1-4H3. The molecule has 1 aromatic heterocycles. The van der Waals surface area contributed by atoms with Gasteiger partial charge >= 0.3 is 0 Å². The number of nitrogens with one attached hydrogen (secondary N) is 1. The summed E-state index contributed by atoms with van der Waals surface area (Å²) in [5.41, 5.74) is 4.39. The zero-order valence-corrected chi connectivity index (χ0v) is 13.2. The van der Waals surface area contributed by atoms with Crippen LogP contribution in [-0.4, -0.2) is 17.0 Å². The Labute approximate surface area is 122 Å². The monoisotopic (exact) mass is 319 g/mol. The third-order valence-corrected chi connectivity index (χ3v) is 3.94. The molecule has 1 heterocycles. The van der Waals surface area contributed by atoms with Gasteiger partial charge in [-0.3, -0.25) is 0 Å². The van der Waals surface area contributed by atoms with E-state index in [4.69, 9.17) is 0 Å². The molecular weight excluding hydrogens is 302 g/mol. The van der Waals surface area contributed by atoms with Crippen molar-refractivity contribution in [3.8, 4) is 11.4 Å². The molecule has 1 aromatic carbocycles. The maximum atomic E-state index is 4.62. The summed E-state index contributed by atoms with van der Waals surface area (Å²) in [7, 11) is 1.94. The molecule has 19 heavy (non-hydrogen) atoms. The molecule has 0 radical (unpaired) electrons. The highest BCUT2D eigenvalue weighted by atomic mass is 79.9. The molecule has 0 bridgehead atoms. The minimum atomic E-state index is 0.260. The van der Waals surface area contributed by atoms with E-state index in [2.05, 4.69) is 63.3 Å². The van der Waals surface area contributed by atoms with Crippen molar-refractivity contribution in [2.75, 3.05) is 7.05 Å². The van der Waals surface area contributed by atoms with Crippen molar-refractivity contribution >= 4 is 15.9 Å². The number of hydrogen-bond acceptors (Lipinski definition) is 3. The van der Waals surface area contributed by atoms with Crippen molar-refractivity contribution in [1.82, 2.24) is 15.3 Å². The second-order valence-electron chi connectivity index (χ2n) is 4.73. The molecule has 0 aliphatic rings. The summed E-state index contributed by atoms with van der Waals surface area (Å²) in [5, 5.41) is 3.21. The molecule has 1 atom stereocenters. The van der Waals surface area contributed by atoms with Gasteiger partial charge in [-0.1, -0.05) is 22.0 Å². The highest BCUT2D eigenvalue weighted by Crippen LogP contribution is 2.27. The zero-order valence-electron chi connectivity index (χ0n) is 11.7. The van der Waals surface area contributed by atoms with Gasteiger partial charge in [-0.05, 0) is 45.5 Å². The molecule has 4 heteroatoms. The number of aryl methyl sites for hydroxylation is 2. The van der Waals surface area contributed by atoms with Crippen LogP contribution < -0.4 is 5.32 Å². The molecular formula is C15H18BrN3. The fourth-order valence-electron chi connectivity index (χ4n) is 1.99. The molecule has 2 aromatic rings. The van der Waals surface area contributed by atoms with E-state index >= 15 is 0 Å². The molecule has 1 unspecified atom stereocenters. The molecule has 0 aliphatic carbocycles. The Balaban J connectivity index is 2.44. The molecule has 0 fully saturated rings. The lowest BCUT2D eigenvalue weighted by atomic mass is 10.1. The van der Waals surface area contributed by atoms with E-state index in [0.717, 1.165) is 27.1 Å². The van der Waals surface area contributed by atoms with Crippen LogP contribution in [0.1, 0.15) is 29.8 Å². The minimum absolute atomic E-state index is 0.260. The lowest BCUT2D eigenvalue weighted by Gasteiger charge is -2.13. The van der Waals surface area contributed by atoms with Crippen molar-refractivity contribution in [2.24, 2.45) is 0 Å². The van der Waals surface area contributed by atoms with Crippen molar-refractivity contribution in [2.45, 2.75) is 26.8 Å². The van der Waals surface area contributed by atoms with Crippen LogP contribution >= 0.6 is 15.9 Å². The first-order valence-electron chi connectivity index (χ1n) is 6.30. The predicted octanol–water partition coefficient (Wildman–Crippen LogP) is 3.80. The van der Waals surface area contributed by atoms with Gasteiger partial charge in [0.1, 0.15) is 0 Å². The van der Waals surface area contributed by atoms with Crippen molar-refractivity contribution in [1.29, 1.82) is 0 Å². The number of aromatic nitrogens is 2. The quantitative estimate of drug-likeness (QED) is 0.935. The van der Waals surface area contributed by atoms with E-state index in [-0.39, 0.29) is 6.04 Å².